The van der Waals surface area contributed by atoms with Gasteiger partial charge in [0.1, 0.15) is 0 Å². The Morgan fingerprint density at radius 2 is 1.74 bits per heavy atom. The lowest BCUT2D eigenvalue weighted by Gasteiger charge is -2.14. The van der Waals surface area contributed by atoms with Crippen LogP contribution in [0, 0.1) is 0 Å². The molecule has 0 radical (unpaired) electrons. The van der Waals surface area contributed by atoms with E-state index in [0.717, 1.165) is 18.1 Å². The Labute approximate surface area is 117 Å². The molecule has 1 atom stereocenters. The minimum absolute atomic E-state index is 0.546. The molecule has 0 fully saturated rings. The van der Waals surface area contributed by atoms with E-state index in [-0.39, 0.29) is 0 Å². The van der Waals surface area contributed by atoms with Crippen LogP contribution < -0.4 is 5.30 Å². The second-order valence-electron chi connectivity index (χ2n) is 4.72. The van der Waals surface area contributed by atoms with Gasteiger partial charge in [-0.2, -0.15) is 0 Å². The van der Waals surface area contributed by atoms with Gasteiger partial charge < -0.3 is 4.52 Å². The molecule has 19 heavy (non-hydrogen) atoms. The first-order valence-corrected chi connectivity index (χ1v) is 8.86. The lowest BCUT2D eigenvalue weighted by Crippen LogP contribution is -2.06. The molecule has 0 spiro atoms. The molecule has 0 saturated heterocycles. The van der Waals surface area contributed by atoms with E-state index in [9.17, 15) is 4.57 Å². The summed E-state index contributed by atoms with van der Waals surface area (Å²) in [6.07, 6.45) is 7.20. The summed E-state index contributed by atoms with van der Waals surface area (Å²) in [7, 11) is -2.85. The fraction of sp³-hybridized carbons (Fsp3) is 0.500. The molecule has 0 N–H and O–H groups in total. The lowest BCUT2D eigenvalue weighted by atomic mass is 10.1. The van der Waals surface area contributed by atoms with Gasteiger partial charge in [0.05, 0.1) is 6.61 Å². The largest absolute Gasteiger partial charge is 0.322 e. The molecule has 3 heteroatoms. The van der Waals surface area contributed by atoms with E-state index in [1.807, 2.05) is 30.3 Å². The maximum atomic E-state index is 12.6. The zero-order valence-electron chi connectivity index (χ0n) is 11.9. The highest BCUT2D eigenvalue weighted by Crippen LogP contribution is 2.46. The molecule has 0 saturated carbocycles. The highest BCUT2D eigenvalue weighted by molar-refractivity contribution is 7.69. The molecule has 0 aliphatic carbocycles. The van der Waals surface area contributed by atoms with Gasteiger partial charge in [0.15, 0.2) is 0 Å². The van der Waals surface area contributed by atoms with Crippen LogP contribution in [-0.2, 0) is 9.09 Å². The molecule has 0 heterocycles. The monoisotopic (exact) mass is 280 g/mol. The number of rotatable bonds is 10. The summed E-state index contributed by atoms with van der Waals surface area (Å²) in [5.74, 6) is 1.46. The zero-order chi connectivity index (χ0) is 14.0. The van der Waals surface area contributed by atoms with E-state index >= 15 is 0 Å². The van der Waals surface area contributed by atoms with Crippen LogP contribution in [0.4, 0.5) is 0 Å². The number of hydrogen-bond donors (Lipinski definition) is 0. The second kappa shape index (κ2) is 9.12. The van der Waals surface area contributed by atoms with Crippen molar-refractivity contribution < 1.29 is 9.09 Å². The molecule has 0 aliphatic rings. The molecule has 0 aliphatic heterocycles. The van der Waals surface area contributed by atoms with Crippen molar-refractivity contribution >= 4 is 12.7 Å². The van der Waals surface area contributed by atoms with Crippen LogP contribution in [0.5, 0.6) is 0 Å². The third kappa shape index (κ3) is 5.76. The number of hydrogen-bond acceptors (Lipinski definition) is 2. The fourth-order valence-electron chi connectivity index (χ4n) is 1.95. The normalized spacial score (nSPS) is 13.9. The average Bonchev–Trinajstić information content (AvgIpc) is 2.47. The first kappa shape index (κ1) is 16.2. The standard InChI is InChI=1S/C16H25O2P/c1-3-5-6-7-8-12-15-18-19(17,4-2)16-13-10-9-11-14-16/h4,9-11,13-14H,2-3,5-8,12,15H2,1H3. The lowest BCUT2D eigenvalue weighted by molar-refractivity contribution is 0.313. The van der Waals surface area contributed by atoms with Gasteiger partial charge in [-0.05, 0) is 24.4 Å². The van der Waals surface area contributed by atoms with Crippen LogP contribution in [-0.4, -0.2) is 6.61 Å². The summed E-state index contributed by atoms with van der Waals surface area (Å²) in [5.41, 5.74) is 0. The van der Waals surface area contributed by atoms with Crippen molar-refractivity contribution in [3.8, 4) is 0 Å². The van der Waals surface area contributed by atoms with Crippen LogP contribution in [0.3, 0.4) is 0 Å². The highest BCUT2D eigenvalue weighted by Gasteiger charge is 2.20. The van der Waals surface area contributed by atoms with Gasteiger partial charge >= 0.3 is 0 Å². The molecule has 106 valence electrons. The fourth-order valence-corrected chi connectivity index (χ4v) is 3.40. The van der Waals surface area contributed by atoms with Gasteiger partial charge in [-0.1, -0.05) is 63.8 Å². The molecular weight excluding hydrogens is 255 g/mol. The average molecular weight is 280 g/mol. The predicted molar refractivity (Wildman–Crippen MR) is 83.2 cm³/mol. The van der Waals surface area contributed by atoms with Crippen molar-refractivity contribution in [1.29, 1.82) is 0 Å². The van der Waals surface area contributed by atoms with Crippen LogP contribution >= 0.6 is 7.37 Å². The Kier molecular flexibility index (Phi) is 7.78. The van der Waals surface area contributed by atoms with Crippen molar-refractivity contribution in [3.05, 3.63) is 42.7 Å². The zero-order valence-corrected chi connectivity index (χ0v) is 12.8. The molecule has 1 aromatic carbocycles. The molecule has 1 rings (SSSR count). The summed E-state index contributed by atoms with van der Waals surface area (Å²) < 4.78 is 18.2. The third-order valence-corrected chi connectivity index (χ3v) is 5.20. The third-order valence-electron chi connectivity index (χ3n) is 3.14. The summed E-state index contributed by atoms with van der Waals surface area (Å²) in [5, 5.41) is 0.732. The van der Waals surface area contributed by atoms with Crippen molar-refractivity contribution in [2.24, 2.45) is 0 Å². The number of benzene rings is 1. The maximum Gasteiger partial charge on any atom is 0.253 e. The van der Waals surface area contributed by atoms with Crippen molar-refractivity contribution in [1.82, 2.24) is 0 Å². The topological polar surface area (TPSA) is 26.3 Å². The molecule has 0 amide bonds. The first-order valence-electron chi connectivity index (χ1n) is 7.16. The van der Waals surface area contributed by atoms with Gasteiger partial charge in [0.2, 0.25) is 0 Å². The Balaban J connectivity index is 2.33. The van der Waals surface area contributed by atoms with Gasteiger partial charge in [0.25, 0.3) is 7.37 Å². The van der Waals surface area contributed by atoms with E-state index in [0.29, 0.717) is 6.61 Å². The summed E-state index contributed by atoms with van der Waals surface area (Å²) in [4.78, 5) is 0. The van der Waals surface area contributed by atoms with Gasteiger partial charge in [0, 0.05) is 5.30 Å². The van der Waals surface area contributed by atoms with E-state index in [2.05, 4.69) is 13.5 Å². The van der Waals surface area contributed by atoms with Gasteiger partial charge in [-0.15, -0.1) is 0 Å². The van der Waals surface area contributed by atoms with Crippen molar-refractivity contribution in [3.63, 3.8) is 0 Å². The van der Waals surface area contributed by atoms with E-state index in [1.54, 1.807) is 0 Å². The smallest absolute Gasteiger partial charge is 0.253 e. The first-order chi connectivity index (χ1) is 9.23. The molecule has 2 nitrogen and oxygen atoms in total. The maximum absolute atomic E-state index is 12.6. The van der Waals surface area contributed by atoms with E-state index in [4.69, 9.17) is 4.52 Å². The second-order valence-corrected chi connectivity index (χ2v) is 7.05. The summed E-state index contributed by atoms with van der Waals surface area (Å²) in [6.45, 7) is 6.42. The predicted octanol–water partition coefficient (Wildman–Crippen LogP) is 5.11. The molecule has 1 aromatic rings. The van der Waals surface area contributed by atoms with Crippen LogP contribution in [0.15, 0.2) is 42.7 Å². The Bertz CT molecular complexity index is 400. The SMILES string of the molecule is C=CP(=O)(OCCCCCCCC)c1ccccc1. The Morgan fingerprint density at radius 3 is 2.37 bits per heavy atom. The van der Waals surface area contributed by atoms with Crippen LogP contribution in [0.2, 0.25) is 0 Å². The molecule has 1 unspecified atom stereocenters. The quantitative estimate of drug-likeness (QED) is 0.439. The van der Waals surface area contributed by atoms with Crippen LogP contribution in [0.25, 0.3) is 0 Å². The Hall–Kier alpha value is -0.850. The molecule has 0 bridgehead atoms. The number of unbranched alkanes of at least 4 members (excludes halogenated alkanes) is 5. The van der Waals surface area contributed by atoms with Gasteiger partial charge in [-0.3, -0.25) is 4.57 Å². The van der Waals surface area contributed by atoms with E-state index in [1.165, 1.54) is 31.5 Å². The summed E-state index contributed by atoms with van der Waals surface area (Å²) >= 11 is 0. The summed E-state index contributed by atoms with van der Waals surface area (Å²) in [6, 6.07) is 9.33. The minimum atomic E-state index is -2.85. The minimum Gasteiger partial charge on any atom is -0.322 e. The van der Waals surface area contributed by atoms with Gasteiger partial charge in [-0.25, -0.2) is 0 Å². The molecule has 0 aromatic heterocycles. The van der Waals surface area contributed by atoms with E-state index < -0.39 is 7.37 Å². The van der Waals surface area contributed by atoms with Crippen molar-refractivity contribution in [2.75, 3.05) is 6.61 Å². The molecular formula is C16H25O2P. The highest BCUT2D eigenvalue weighted by atomic mass is 31.2. The van der Waals surface area contributed by atoms with Crippen LogP contribution in [0.1, 0.15) is 45.4 Å². The van der Waals surface area contributed by atoms with Crippen molar-refractivity contribution in [2.45, 2.75) is 45.4 Å². The Morgan fingerprint density at radius 1 is 1.11 bits per heavy atom.